The number of morpholine rings is 1. The second-order valence-electron chi connectivity index (χ2n) is 5.19. The second-order valence-corrected chi connectivity index (χ2v) is 5.19. The summed E-state index contributed by atoms with van der Waals surface area (Å²) >= 11 is 0. The number of carbonyl (C=O) groups is 1. The van der Waals surface area contributed by atoms with Crippen molar-refractivity contribution in [2.75, 3.05) is 47.5 Å². The molecular weight excluding hydrogens is 256 g/mol. The molecule has 0 spiro atoms. The summed E-state index contributed by atoms with van der Waals surface area (Å²) in [5.74, 6) is 0.630. The van der Waals surface area contributed by atoms with Gasteiger partial charge in [-0.05, 0) is 26.2 Å². The molecule has 1 saturated heterocycles. The SMILES string of the molecule is COc1ccccc1C(=O)N1CCOCC1CN(C)C. The van der Waals surface area contributed by atoms with E-state index in [1.54, 1.807) is 7.11 Å². The molecule has 1 aromatic rings. The number of likely N-dealkylation sites (N-methyl/N-ethyl adjacent to an activating group) is 1. The van der Waals surface area contributed by atoms with E-state index >= 15 is 0 Å². The van der Waals surface area contributed by atoms with E-state index < -0.39 is 0 Å². The van der Waals surface area contributed by atoms with E-state index in [-0.39, 0.29) is 11.9 Å². The van der Waals surface area contributed by atoms with Crippen LogP contribution in [0.15, 0.2) is 24.3 Å². The number of hydrogen-bond donors (Lipinski definition) is 0. The lowest BCUT2D eigenvalue weighted by molar-refractivity contribution is -0.00843. The predicted octanol–water partition coefficient (Wildman–Crippen LogP) is 1.10. The summed E-state index contributed by atoms with van der Waals surface area (Å²) in [6, 6.07) is 7.43. The first-order valence-corrected chi connectivity index (χ1v) is 6.80. The summed E-state index contributed by atoms with van der Waals surface area (Å²) in [5.41, 5.74) is 0.612. The first-order valence-electron chi connectivity index (χ1n) is 6.80. The Balaban J connectivity index is 2.20. The van der Waals surface area contributed by atoms with Crippen LogP contribution in [-0.4, -0.2) is 69.3 Å². The fourth-order valence-electron chi connectivity index (χ4n) is 2.47. The highest BCUT2D eigenvalue weighted by molar-refractivity contribution is 5.97. The third-order valence-electron chi connectivity index (χ3n) is 3.40. The van der Waals surface area contributed by atoms with Crippen LogP contribution in [0.1, 0.15) is 10.4 Å². The van der Waals surface area contributed by atoms with E-state index in [0.717, 1.165) is 6.54 Å². The zero-order valence-corrected chi connectivity index (χ0v) is 12.3. The standard InChI is InChI=1S/C15H22N2O3/c1-16(2)10-12-11-20-9-8-17(12)15(18)13-6-4-5-7-14(13)19-3/h4-7,12H,8-11H2,1-3H3. The van der Waals surface area contributed by atoms with Crippen molar-refractivity contribution in [1.82, 2.24) is 9.80 Å². The second kappa shape index (κ2) is 6.72. The number of nitrogens with zero attached hydrogens (tertiary/aromatic N) is 2. The molecule has 5 nitrogen and oxygen atoms in total. The fourth-order valence-corrected chi connectivity index (χ4v) is 2.47. The molecule has 1 fully saturated rings. The lowest BCUT2D eigenvalue weighted by Crippen LogP contribution is -2.52. The summed E-state index contributed by atoms with van der Waals surface area (Å²) in [6.07, 6.45) is 0. The molecular formula is C15H22N2O3. The van der Waals surface area contributed by atoms with Crippen LogP contribution in [0.4, 0.5) is 0 Å². The van der Waals surface area contributed by atoms with Gasteiger partial charge in [0.25, 0.3) is 5.91 Å². The molecule has 0 N–H and O–H groups in total. The number of para-hydroxylation sites is 1. The summed E-state index contributed by atoms with van der Waals surface area (Å²) < 4.78 is 10.8. The Kier molecular flexibility index (Phi) is 4.98. The van der Waals surface area contributed by atoms with E-state index in [9.17, 15) is 4.79 Å². The summed E-state index contributed by atoms with van der Waals surface area (Å²) in [7, 11) is 5.59. The topological polar surface area (TPSA) is 42.0 Å². The molecule has 0 bridgehead atoms. The minimum Gasteiger partial charge on any atom is -0.496 e. The molecule has 1 unspecified atom stereocenters. The molecule has 0 saturated carbocycles. The highest BCUT2D eigenvalue weighted by Gasteiger charge is 2.29. The van der Waals surface area contributed by atoms with Crippen molar-refractivity contribution in [3.8, 4) is 5.75 Å². The van der Waals surface area contributed by atoms with Crippen molar-refractivity contribution >= 4 is 5.91 Å². The van der Waals surface area contributed by atoms with E-state index in [1.165, 1.54) is 0 Å². The zero-order valence-electron chi connectivity index (χ0n) is 12.3. The number of benzene rings is 1. The highest BCUT2D eigenvalue weighted by Crippen LogP contribution is 2.21. The van der Waals surface area contributed by atoms with E-state index in [4.69, 9.17) is 9.47 Å². The van der Waals surface area contributed by atoms with E-state index in [2.05, 4.69) is 4.90 Å². The van der Waals surface area contributed by atoms with Gasteiger partial charge in [0.15, 0.2) is 0 Å². The van der Waals surface area contributed by atoms with Crippen molar-refractivity contribution in [1.29, 1.82) is 0 Å². The number of methoxy groups -OCH3 is 1. The first kappa shape index (κ1) is 14.8. The van der Waals surface area contributed by atoms with Gasteiger partial charge in [-0.2, -0.15) is 0 Å². The Morgan fingerprint density at radius 2 is 2.20 bits per heavy atom. The normalized spacial score (nSPS) is 19.2. The number of amides is 1. The molecule has 0 aromatic heterocycles. The van der Waals surface area contributed by atoms with E-state index in [1.807, 2.05) is 43.3 Å². The summed E-state index contributed by atoms with van der Waals surface area (Å²) in [6.45, 7) is 2.58. The van der Waals surface area contributed by atoms with Gasteiger partial charge in [-0.1, -0.05) is 12.1 Å². The first-order chi connectivity index (χ1) is 9.63. The largest absolute Gasteiger partial charge is 0.496 e. The maximum Gasteiger partial charge on any atom is 0.258 e. The highest BCUT2D eigenvalue weighted by atomic mass is 16.5. The Labute approximate surface area is 120 Å². The van der Waals surface area contributed by atoms with Crippen LogP contribution >= 0.6 is 0 Å². The van der Waals surface area contributed by atoms with E-state index in [0.29, 0.717) is 31.1 Å². The molecule has 2 rings (SSSR count). The third-order valence-corrected chi connectivity index (χ3v) is 3.40. The van der Waals surface area contributed by atoms with Crippen molar-refractivity contribution in [2.45, 2.75) is 6.04 Å². The molecule has 1 heterocycles. The Bertz CT molecular complexity index is 462. The molecule has 1 aromatic carbocycles. The van der Waals surface area contributed by atoms with Crippen LogP contribution in [0.25, 0.3) is 0 Å². The molecule has 0 radical (unpaired) electrons. The maximum atomic E-state index is 12.7. The number of hydrogen-bond acceptors (Lipinski definition) is 4. The quantitative estimate of drug-likeness (QED) is 0.827. The molecule has 20 heavy (non-hydrogen) atoms. The monoisotopic (exact) mass is 278 g/mol. The smallest absolute Gasteiger partial charge is 0.258 e. The Hall–Kier alpha value is -1.59. The fraction of sp³-hybridized carbons (Fsp3) is 0.533. The average molecular weight is 278 g/mol. The van der Waals surface area contributed by atoms with Gasteiger partial charge in [0.2, 0.25) is 0 Å². The maximum absolute atomic E-state index is 12.7. The Morgan fingerprint density at radius 1 is 1.45 bits per heavy atom. The lowest BCUT2D eigenvalue weighted by atomic mass is 10.1. The van der Waals surface area contributed by atoms with Gasteiger partial charge >= 0.3 is 0 Å². The van der Waals surface area contributed by atoms with Gasteiger partial charge in [0, 0.05) is 13.1 Å². The van der Waals surface area contributed by atoms with Gasteiger partial charge < -0.3 is 19.3 Å². The minimum atomic E-state index is 0.0117. The molecule has 5 heteroatoms. The van der Waals surface area contributed by atoms with Crippen molar-refractivity contribution in [2.24, 2.45) is 0 Å². The van der Waals surface area contributed by atoms with Crippen LogP contribution in [0.3, 0.4) is 0 Å². The molecule has 1 aliphatic heterocycles. The van der Waals surface area contributed by atoms with Gasteiger partial charge in [0.05, 0.1) is 31.9 Å². The summed E-state index contributed by atoms with van der Waals surface area (Å²) in [4.78, 5) is 16.7. The zero-order chi connectivity index (χ0) is 14.5. The molecule has 1 aliphatic rings. The third kappa shape index (κ3) is 3.29. The van der Waals surface area contributed by atoms with Gasteiger partial charge in [-0.25, -0.2) is 0 Å². The predicted molar refractivity (Wildman–Crippen MR) is 77.2 cm³/mol. The molecule has 1 amide bonds. The van der Waals surface area contributed by atoms with Crippen molar-refractivity contribution in [3.63, 3.8) is 0 Å². The van der Waals surface area contributed by atoms with Crippen LogP contribution in [0.5, 0.6) is 5.75 Å². The Morgan fingerprint density at radius 3 is 2.90 bits per heavy atom. The number of ether oxygens (including phenoxy) is 2. The average Bonchev–Trinajstić information content (AvgIpc) is 2.46. The minimum absolute atomic E-state index is 0.0117. The van der Waals surface area contributed by atoms with Crippen LogP contribution in [0.2, 0.25) is 0 Å². The van der Waals surface area contributed by atoms with Crippen LogP contribution in [-0.2, 0) is 4.74 Å². The molecule has 0 aliphatic carbocycles. The van der Waals surface area contributed by atoms with Crippen molar-refractivity contribution in [3.05, 3.63) is 29.8 Å². The molecule has 1 atom stereocenters. The number of carbonyl (C=O) groups excluding carboxylic acids is 1. The van der Waals surface area contributed by atoms with Gasteiger partial charge in [0.1, 0.15) is 5.75 Å². The number of rotatable bonds is 4. The summed E-state index contributed by atoms with van der Waals surface area (Å²) in [5, 5.41) is 0. The van der Waals surface area contributed by atoms with Crippen molar-refractivity contribution < 1.29 is 14.3 Å². The molecule has 110 valence electrons. The van der Waals surface area contributed by atoms with Gasteiger partial charge in [-0.3, -0.25) is 4.79 Å². The van der Waals surface area contributed by atoms with Crippen LogP contribution < -0.4 is 4.74 Å². The lowest BCUT2D eigenvalue weighted by Gasteiger charge is -2.37. The van der Waals surface area contributed by atoms with Gasteiger partial charge in [-0.15, -0.1) is 0 Å². The van der Waals surface area contributed by atoms with Crippen LogP contribution in [0, 0.1) is 0 Å².